The third kappa shape index (κ3) is 0.822. The third-order valence-electron chi connectivity index (χ3n) is 3.90. The lowest BCUT2D eigenvalue weighted by atomic mass is 9.94. The summed E-state index contributed by atoms with van der Waals surface area (Å²) < 4.78 is 5.79. The molecule has 3 nitrogen and oxygen atoms in total. The van der Waals surface area contributed by atoms with Crippen molar-refractivity contribution in [2.75, 3.05) is 0 Å². The van der Waals surface area contributed by atoms with Crippen LogP contribution in [-0.2, 0) is 9.53 Å². The number of allylic oxidation sites excluding steroid dienone is 2. The lowest BCUT2D eigenvalue weighted by Gasteiger charge is -2.19. The highest BCUT2D eigenvalue weighted by atomic mass is 16.5. The van der Waals surface area contributed by atoms with Gasteiger partial charge in [-0.2, -0.15) is 0 Å². The Morgan fingerprint density at radius 1 is 1.47 bits per heavy atom. The van der Waals surface area contributed by atoms with E-state index in [1.807, 2.05) is 12.2 Å². The van der Waals surface area contributed by atoms with E-state index < -0.39 is 0 Å². The molecule has 4 aliphatic rings. The number of Topliss-reactive ketones (excluding diaryl/α,β-unsaturated/α-hetero) is 1. The Labute approximate surface area is 87.5 Å². The minimum absolute atomic E-state index is 0.0138. The lowest BCUT2D eigenvalue weighted by molar-refractivity contribution is -0.119. The average molecular weight is 201 g/mol. The van der Waals surface area contributed by atoms with Gasteiger partial charge < -0.3 is 4.74 Å². The zero-order chi connectivity index (χ0) is 10.0. The van der Waals surface area contributed by atoms with Gasteiger partial charge >= 0.3 is 0 Å². The third-order valence-corrected chi connectivity index (χ3v) is 3.90. The van der Waals surface area contributed by atoms with Gasteiger partial charge in [-0.05, 0) is 25.0 Å². The fourth-order valence-corrected chi connectivity index (χ4v) is 2.85. The van der Waals surface area contributed by atoms with Crippen molar-refractivity contribution < 1.29 is 9.53 Å². The van der Waals surface area contributed by atoms with Crippen molar-refractivity contribution in [3.63, 3.8) is 0 Å². The van der Waals surface area contributed by atoms with Crippen LogP contribution in [0.15, 0.2) is 28.5 Å². The molecule has 2 heterocycles. The Morgan fingerprint density at radius 3 is 3.13 bits per heavy atom. The summed E-state index contributed by atoms with van der Waals surface area (Å²) in [4.78, 5) is 16.6. The van der Waals surface area contributed by atoms with Crippen LogP contribution in [0.25, 0.3) is 0 Å². The number of hydrogen-bond donors (Lipinski definition) is 0. The molecule has 0 aromatic carbocycles. The molecule has 4 rings (SSSR count). The number of ether oxygens (including phenoxy) is 1. The molecular formula is C12H11NO2. The summed E-state index contributed by atoms with van der Waals surface area (Å²) in [6.07, 6.45) is 8.55. The predicted octanol–water partition coefficient (Wildman–Crippen LogP) is 1.40. The zero-order valence-electron chi connectivity index (χ0n) is 8.27. The van der Waals surface area contributed by atoms with E-state index in [0.717, 1.165) is 30.6 Å². The quantitative estimate of drug-likeness (QED) is 0.594. The number of ketones is 1. The van der Waals surface area contributed by atoms with Gasteiger partial charge in [0, 0.05) is 18.1 Å². The molecule has 2 aliphatic carbocycles. The highest BCUT2D eigenvalue weighted by molar-refractivity contribution is 6.06. The summed E-state index contributed by atoms with van der Waals surface area (Å²) in [7, 11) is 0. The van der Waals surface area contributed by atoms with Crippen molar-refractivity contribution in [3.05, 3.63) is 23.5 Å². The molecule has 0 saturated heterocycles. The number of carbonyl (C=O) groups is 1. The molecule has 0 aromatic rings. The maximum Gasteiger partial charge on any atom is 0.171 e. The van der Waals surface area contributed by atoms with Crippen LogP contribution in [0.3, 0.4) is 0 Å². The second-order valence-corrected chi connectivity index (χ2v) is 4.83. The van der Waals surface area contributed by atoms with Gasteiger partial charge in [-0.25, -0.2) is 0 Å². The van der Waals surface area contributed by atoms with Crippen LogP contribution in [0, 0.1) is 5.41 Å². The Balaban J connectivity index is 1.77. The predicted molar refractivity (Wildman–Crippen MR) is 54.6 cm³/mol. The Morgan fingerprint density at radius 2 is 2.33 bits per heavy atom. The first-order valence-corrected chi connectivity index (χ1v) is 5.45. The first kappa shape index (κ1) is 7.85. The van der Waals surface area contributed by atoms with Gasteiger partial charge in [-0.3, -0.25) is 9.79 Å². The molecule has 1 saturated carbocycles. The summed E-state index contributed by atoms with van der Waals surface area (Å²) in [6.45, 7) is 0. The topological polar surface area (TPSA) is 38.7 Å². The highest BCUT2D eigenvalue weighted by Gasteiger charge is 2.60. The van der Waals surface area contributed by atoms with Gasteiger partial charge in [0.1, 0.15) is 17.9 Å². The second kappa shape index (κ2) is 2.23. The van der Waals surface area contributed by atoms with Gasteiger partial charge in [0.05, 0.1) is 5.57 Å². The monoisotopic (exact) mass is 201 g/mol. The average Bonchev–Trinajstić information content (AvgIpc) is 2.85. The second-order valence-electron chi connectivity index (χ2n) is 4.83. The van der Waals surface area contributed by atoms with E-state index in [0.29, 0.717) is 5.78 Å². The highest BCUT2D eigenvalue weighted by Crippen LogP contribution is 2.60. The number of rotatable bonds is 0. The van der Waals surface area contributed by atoms with Gasteiger partial charge in [0.15, 0.2) is 5.78 Å². The van der Waals surface area contributed by atoms with Crippen LogP contribution in [0.1, 0.15) is 19.3 Å². The van der Waals surface area contributed by atoms with E-state index in [1.165, 1.54) is 0 Å². The van der Waals surface area contributed by atoms with E-state index in [4.69, 9.17) is 4.74 Å². The molecule has 2 unspecified atom stereocenters. The molecule has 1 fully saturated rings. The molecule has 2 aliphatic heterocycles. The van der Waals surface area contributed by atoms with E-state index >= 15 is 0 Å². The Bertz CT molecular complexity index is 454. The van der Waals surface area contributed by atoms with Crippen LogP contribution in [-0.4, -0.2) is 24.1 Å². The molecule has 3 heteroatoms. The summed E-state index contributed by atoms with van der Waals surface area (Å²) in [5.41, 5.74) is 0.824. The van der Waals surface area contributed by atoms with Gasteiger partial charge in [0.2, 0.25) is 0 Å². The number of aliphatic imine (C=N–C) groups is 1. The molecule has 0 amide bonds. The van der Waals surface area contributed by atoms with E-state index in [2.05, 4.69) is 4.99 Å². The first-order chi connectivity index (χ1) is 7.30. The van der Waals surface area contributed by atoms with Crippen molar-refractivity contribution in [1.29, 1.82) is 0 Å². The minimum Gasteiger partial charge on any atom is -0.488 e. The largest absolute Gasteiger partial charge is 0.488 e. The number of hydrogen-bond acceptors (Lipinski definition) is 3. The van der Waals surface area contributed by atoms with Crippen molar-refractivity contribution in [3.8, 4) is 0 Å². The number of carbonyl (C=O) groups excluding carboxylic acids is 1. The molecule has 15 heavy (non-hydrogen) atoms. The molecule has 1 spiro atoms. The standard InChI is InChI=1S/C12H11NO2/c14-11-9-8(6-12(11)3-4-12)15-7-2-1-5-13-10(7)9/h1-2,5,7,10H,3-4,6H2. The molecule has 0 radical (unpaired) electrons. The Hall–Kier alpha value is -1.38. The van der Waals surface area contributed by atoms with E-state index in [9.17, 15) is 4.79 Å². The molecule has 76 valence electrons. The molecule has 0 N–H and O–H groups in total. The van der Waals surface area contributed by atoms with E-state index in [1.54, 1.807) is 6.21 Å². The number of fused-ring (bicyclic) bond motifs is 2. The SMILES string of the molecule is O=C1C2=C(CC13CC3)OC1C=CC=NC21. The van der Waals surface area contributed by atoms with Crippen molar-refractivity contribution in [2.24, 2.45) is 10.4 Å². The van der Waals surface area contributed by atoms with Crippen LogP contribution >= 0.6 is 0 Å². The summed E-state index contributed by atoms with van der Waals surface area (Å²) >= 11 is 0. The fraction of sp³-hybridized carbons (Fsp3) is 0.500. The smallest absolute Gasteiger partial charge is 0.171 e. The van der Waals surface area contributed by atoms with Crippen molar-refractivity contribution >= 4 is 12.0 Å². The van der Waals surface area contributed by atoms with Crippen molar-refractivity contribution in [1.82, 2.24) is 0 Å². The first-order valence-electron chi connectivity index (χ1n) is 5.45. The fourth-order valence-electron chi connectivity index (χ4n) is 2.85. The Kier molecular flexibility index (Phi) is 1.17. The molecular weight excluding hydrogens is 190 g/mol. The van der Waals surface area contributed by atoms with Gasteiger partial charge in [0.25, 0.3) is 0 Å². The lowest BCUT2D eigenvalue weighted by Crippen LogP contribution is -2.28. The summed E-state index contributed by atoms with van der Waals surface area (Å²) in [5, 5.41) is 0. The molecule has 2 atom stereocenters. The maximum absolute atomic E-state index is 12.2. The van der Waals surface area contributed by atoms with Gasteiger partial charge in [-0.1, -0.05) is 0 Å². The van der Waals surface area contributed by atoms with Crippen LogP contribution in [0.2, 0.25) is 0 Å². The molecule has 0 aromatic heterocycles. The van der Waals surface area contributed by atoms with Crippen LogP contribution < -0.4 is 0 Å². The maximum atomic E-state index is 12.2. The number of nitrogens with zero attached hydrogens (tertiary/aromatic N) is 1. The van der Waals surface area contributed by atoms with Crippen LogP contribution in [0.5, 0.6) is 0 Å². The normalized spacial score (nSPS) is 38.3. The van der Waals surface area contributed by atoms with Gasteiger partial charge in [-0.15, -0.1) is 0 Å². The van der Waals surface area contributed by atoms with E-state index in [-0.39, 0.29) is 17.6 Å². The zero-order valence-corrected chi connectivity index (χ0v) is 8.27. The van der Waals surface area contributed by atoms with Crippen LogP contribution in [0.4, 0.5) is 0 Å². The van der Waals surface area contributed by atoms with Crippen molar-refractivity contribution in [2.45, 2.75) is 31.4 Å². The molecule has 0 bridgehead atoms. The minimum atomic E-state index is -0.0493. The summed E-state index contributed by atoms with van der Waals surface area (Å²) in [5.74, 6) is 1.24. The summed E-state index contributed by atoms with van der Waals surface area (Å²) in [6, 6.07) is -0.0440. The number of dihydropyridines is 1.